The van der Waals surface area contributed by atoms with Crippen LogP contribution in [0.3, 0.4) is 0 Å². The van der Waals surface area contributed by atoms with Crippen molar-refractivity contribution >= 4 is 34.6 Å². The first-order valence-corrected chi connectivity index (χ1v) is 9.89. The Hall–Kier alpha value is -3.63. The van der Waals surface area contributed by atoms with Crippen LogP contribution >= 0.6 is 11.6 Å². The van der Waals surface area contributed by atoms with Crippen LogP contribution in [0.25, 0.3) is 33.9 Å². The second kappa shape index (κ2) is 7.65. The van der Waals surface area contributed by atoms with E-state index in [1.54, 1.807) is 6.21 Å². The molecule has 0 fully saturated rings. The number of nitrogens with zero attached hydrogens (tertiary/aromatic N) is 2. The van der Waals surface area contributed by atoms with Crippen molar-refractivity contribution in [1.29, 1.82) is 0 Å². The van der Waals surface area contributed by atoms with Crippen molar-refractivity contribution in [1.82, 2.24) is 4.98 Å². The molecular formula is C25H17ClN2O2. The Labute approximate surface area is 178 Å². The second-order valence-corrected chi connectivity index (χ2v) is 7.44. The van der Waals surface area contributed by atoms with Crippen LogP contribution < -0.4 is 0 Å². The molecular weight excluding hydrogens is 396 g/mol. The zero-order valence-electron chi connectivity index (χ0n) is 16.2. The number of fused-ring (bicyclic) bond motifs is 1. The zero-order valence-corrected chi connectivity index (χ0v) is 16.9. The van der Waals surface area contributed by atoms with Gasteiger partial charge in [-0.25, -0.2) is 4.98 Å². The molecule has 0 radical (unpaired) electrons. The summed E-state index contributed by atoms with van der Waals surface area (Å²) in [5.74, 6) is 2.00. The molecule has 0 unspecified atom stereocenters. The van der Waals surface area contributed by atoms with Gasteiger partial charge in [-0.2, -0.15) is 0 Å². The minimum absolute atomic E-state index is 0.600. The number of aromatic nitrogens is 1. The SMILES string of the molecule is Cc1ccc(-c2nc3cc(N=Cc4ccc(-c5cccc(Cl)c5)o4)ccc3o2)cc1. The number of furan rings is 1. The number of aryl methyl sites for hydroxylation is 1. The molecule has 0 atom stereocenters. The molecule has 0 bridgehead atoms. The maximum absolute atomic E-state index is 6.06. The molecule has 2 aromatic heterocycles. The molecule has 30 heavy (non-hydrogen) atoms. The summed E-state index contributed by atoms with van der Waals surface area (Å²) < 4.78 is 11.7. The molecule has 5 aromatic rings. The summed E-state index contributed by atoms with van der Waals surface area (Å²) in [6.07, 6.45) is 1.69. The van der Waals surface area contributed by atoms with Crippen LogP contribution in [0.4, 0.5) is 5.69 Å². The molecule has 3 aromatic carbocycles. The number of aliphatic imine (C=N–C) groups is 1. The molecule has 2 heterocycles. The van der Waals surface area contributed by atoms with E-state index in [-0.39, 0.29) is 0 Å². The third kappa shape index (κ3) is 3.78. The van der Waals surface area contributed by atoms with Gasteiger partial charge >= 0.3 is 0 Å². The lowest BCUT2D eigenvalue weighted by Gasteiger charge is -1.97. The standard InChI is InChI=1S/C25H17ClN2O2/c1-16-5-7-17(8-6-16)25-28-22-14-20(9-11-24(22)30-25)27-15-21-10-12-23(29-21)18-3-2-4-19(26)13-18/h2-15H,1H3. The predicted octanol–water partition coefficient (Wildman–Crippen LogP) is 7.47. The number of hydrogen-bond acceptors (Lipinski definition) is 4. The van der Waals surface area contributed by atoms with Gasteiger partial charge in [-0.1, -0.05) is 41.4 Å². The van der Waals surface area contributed by atoms with E-state index in [9.17, 15) is 0 Å². The third-order valence-electron chi connectivity index (χ3n) is 4.75. The Morgan fingerprint density at radius 2 is 1.73 bits per heavy atom. The lowest BCUT2D eigenvalue weighted by molar-refractivity contribution is 0.575. The summed E-state index contributed by atoms with van der Waals surface area (Å²) in [7, 11) is 0. The maximum Gasteiger partial charge on any atom is 0.227 e. The number of hydrogen-bond donors (Lipinski definition) is 0. The van der Waals surface area contributed by atoms with E-state index in [1.165, 1.54) is 5.56 Å². The molecule has 0 aliphatic carbocycles. The average molecular weight is 413 g/mol. The van der Waals surface area contributed by atoms with Crippen molar-refractivity contribution in [2.75, 3.05) is 0 Å². The van der Waals surface area contributed by atoms with Crippen LogP contribution in [0.2, 0.25) is 5.02 Å². The third-order valence-corrected chi connectivity index (χ3v) is 4.98. The van der Waals surface area contributed by atoms with E-state index >= 15 is 0 Å². The summed E-state index contributed by atoms with van der Waals surface area (Å²) in [6.45, 7) is 2.05. The molecule has 0 saturated carbocycles. The molecule has 4 nitrogen and oxygen atoms in total. The van der Waals surface area contributed by atoms with Crippen LogP contribution in [0, 0.1) is 6.92 Å². The van der Waals surface area contributed by atoms with Gasteiger partial charge in [0, 0.05) is 16.1 Å². The highest BCUT2D eigenvalue weighted by atomic mass is 35.5. The van der Waals surface area contributed by atoms with Gasteiger partial charge in [0.2, 0.25) is 5.89 Å². The van der Waals surface area contributed by atoms with E-state index in [0.717, 1.165) is 33.7 Å². The fourth-order valence-corrected chi connectivity index (χ4v) is 3.36. The Balaban J connectivity index is 1.39. The van der Waals surface area contributed by atoms with Crippen LogP contribution in [-0.4, -0.2) is 11.2 Å². The second-order valence-electron chi connectivity index (χ2n) is 7.01. The fraction of sp³-hybridized carbons (Fsp3) is 0.0400. The van der Waals surface area contributed by atoms with Gasteiger partial charge in [-0.3, -0.25) is 4.99 Å². The monoisotopic (exact) mass is 412 g/mol. The summed E-state index contributed by atoms with van der Waals surface area (Å²) in [6, 6.07) is 25.1. The van der Waals surface area contributed by atoms with Gasteiger partial charge in [-0.15, -0.1) is 0 Å². The quantitative estimate of drug-likeness (QED) is 0.288. The molecule has 0 saturated heterocycles. The highest BCUT2D eigenvalue weighted by molar-refractivity contribution is 6.30. The van der Waals surface area contributed by atoms with Crippen molar-refractivity contribution in [3.63, 3.8) is 0 Å². The van der Waals surface area contributed by atoms with Crippen molar-refractivity contribution in [2.45, 2.75) is 6.92 Å². The maximum atomic E-state index is 6.06. The van der Waals surface area contributed by atoms with E-state index in [2.05, 4.69) is 16.9 Å². The Bertz CT molecular complexity index is 1360. The molecule has 0 spiro atoms. The number of halogens is 1. The Kier molecular flexibility index (Phi) is 4.69. The zero-order chi connectivity index (χ0) is 20.5. The molecule has 146 valence electrons. The van der Waals surface area contributed by atoms with E-state index in [1.807, 2.05) is 78.9 Å². The van der Waals surface area contributed by atoms with Crippen molar-refractivity contribution in [2.24, 2.45) is 4.99 Å². The summed E-state index contributed by atoms with van der Waals surface area (Å²) >= 11 is 6.06. The smallest absolute Gasteiger partial charge is 0.227 e. The summed E-state index contributed by atoms with van der Waals surface area (Å²) in [4.78, 5) is 9.12. The number of oxazole rings is 1. The minimum atomic E-state index is 0.600. The molecule has 0 N–H and O–H groups in total. The Morgan fingerprint density at radius 3 is 2.57 bits per heavy atom. The first kappa shape index (κ1) is 18.4. The first-order chi connectivity index (χ1) is 14.6. The van der Waals surface area contributed by atoms with Crippen LogP contribution in [0.15, 0.2) is 92.7 Å². The van der Waals surface area contributed by atoms with Crippen LogP contribution in [0.1, 0.15) is 11.3 Å². The van der Waals surface area contributed by atoms with Crippen molar-refractivity contribution < 1.29 is 8.83 Å². The fourth-order valence-electron chi connectivity index (χ4n) is 3.17. The van der Waals surface area contributed by atoms with Gasteiger partial charge in [0.05, 0.1) is 11.9 Å². The molecule has 0 aliphatic heterocycles. The molecule has 5 heteroatoms. The minimum Gasteiger partial charge on any atom is -0.455 e. The molecule has 0 aliphatic rings. The Morgan fingerprint density at radius 1 is 0.867 bits per heavy atom. The van der Waals surface area contributed by atoms with Gasteiger partial charge in [0.1, 0.15) is 17.0 Å². The van der Waals surface area contributed by atoms with Crippen LogP contribution in [-0.2, 0) is 0 Å². The predicted molar refractivity (Wildman–Crippen MR) is 121 cm³/mol. The molecule has 5 rings (SSSR count). The largest absolute Gasteiger partial charge is 0.455 e. The van der Waals surface area contributed by atoms with Crippen molar-refractivity contribution in [3.8, 4) is 22.8 Å². The topological polar surface area (TPSA) is 51.5 Å². The van der Waals surface area contributed by atoms with Gasteiger partial charge in [0.25, 0.3) is 0 Å². The highest BCUT2D eigenvalue weighted by Gasteiger charge is 2.09. The summed E-state index contributed by atoms with van der Waals surface area (Å²) in [5.41, 5.74) is 5.33. The lowest BCUT2D eigenvalue weighted by Crippen LogP contribution is -1.77. The first-order valence-electron chi connectivity index (χ1n) is 9.51. The average Bonchev–Trinajstić information content (AvgIpc) is 3.39. The molecule has 0 amide bonds. The van der Waals surface area contributed by atoms with Gasteiger partial charge < -0.3 is 8.83 Å². The van der Waals surface area contributed by atoms with E-state index in [0.29, 0.717) is 16.7 Å². The summed E-state index contributed by atoms with van der Waals surface area (Å²) in [5, 5.41) is 0.671. The van der Waals surface area contributed by atoms with Crippen molar-refractivity contribution in [3.05, 3.63) is 95.2 Å². The highest BCUT2D eigenvalue weighted by Crippen LogP contribution is 2.28. The van der Waals surface area contributed by atoms with E-state index < -0.39 is 0 Å². The normalized spacial score (nSPS) is 11.5. The van der Waals surface area contributed by atoms with Crippen LogP contribution in [0.5, 0.6) is 0 Å². The number of benzene rings is 3. The van der Waals surface area contributed by atoms with E-state index in [4.69, 9.17) is 20.4 Å². The van der Waals surface area contributed by atoms with Gasteiger partial charge in [-0.05, 0) is 61.5 Å². The number of rotatable bonds is 4. The van der Waals surface area contributed by atoms with Gasteiger partial charge in [0.15, 0.2) is 5.58 Å². The lowest BCUT2D eigenvalue weighted by atomic mass is 10.1.